The number of carbonyl (C=O) groups is 3. The molecule has 8 nitrogen and oxygen atoms in total. The Bertz CT molecular complexity index is 1210. The van der Waals surface area contributed by atoms with Crippen molar-refractivity contribution in [2.24, 2.45) is 5.92 Å². The van der Waals surface area contributed by atoms with Gasteiger partial charge < -0.3 is 25.0 Å². The molecule has 1 saturated heterocycles. The summed E-state index contributed by atoms with van der Waals surface area (Å²) in [5.74, 6) is -1.06. The van der Waals surface area contributed by atoms with Gasteiger partial charge in [0.05, 0.1) is 21.1 Å². The minimum absolute atomic E-state index is 0.00964. The third-order valence-electron chi connectivity index (χ3n) is 6.88. The molecule has 0 unspecified atom stereocenters. The molecule has 2 heterocycles. The zero-order valence-corrected chi connectivity index (χ0v) is 22.7. The van der Waals surface area contributed by atoms with Crippen LogP contribution in [0.25, 0.3) is 0 Å². The maximum Gasteiger partial charge on any atom is 0.320 e. The van der Waals surface area contributed by atoms with Gasteiger partial charge in [0.1, 0.15) is 17.6 Å². The maximum absolute atomic E-state index is 14.8. The number of hydrogen-bond donors (Lipinski definition) is 2. The Morgan fingerprint density at radius 1 is 1.14 bits per heavy atom. The van der Waals surface area contributed by atoms with Gasteiger partial charge in [-0.25, -0.2) is 9.18 Å². The molecule has 1 fully saturated rings. The Hall–Kier alpha value is -3.40. The fraction of sp³-hybridized carbons (Fsp3) is 0.444. The van der Waals surface area contributed by atoms with Crippen LogP contribution in [0.5, 0.6) is 5.75 Å². The van der Waals surface area contributed by atoms with Gasteiger partial charge in [-0.1, -0.05) is 31.8 Å². The molecule has 3 amide bonds. The Kier molecular flexibility index (Phi) is 7.58. The number of aliphatic carboxylic acids is 1. The number of carboxylic acid groups (broad SMARTS) is 1. The summed E-state index contributed by atoms with van der Waals surface area (Å²) in [7, 11) is -1.88. The second-order valence-corrected chi connectivity index (χ2v) is 15.8. The van der Waals surface area contributed by atoms with Crippen molar-refractivity contribution >= 4 is 36.9 Å². The summed E-state index contributed by atoms with van der Waals surface area (Å²) in [6.45, 7) is 9.58. The van der Waals surface area contributed by atoms with Gasteiger partial charge in [-0.3, -0.25) is 9.59 Å². The van der Waals surface area contributed by atoms with Crippen LogP contribution in [0.3, 0.4) is 0 Å². The lowest BCUT2D eigenvalue weighted by atomic mass is 9.91. The molecular formula is C27H34FN3O5Si. The average Bonchev–Trinajstić information content (AvgIpc) is 2.79. The Labute approximate surface area is 217 Å². The van der Waals surface area contributed by atoms with Crippen molar-refractivity contribution < 1.29 is 28.6 Å². The Morgan fingerprint density at radius 3 is 2.49 bits per heavy atom. The predicted molar refractivity (Wildman–Crippen MR) is 141 cm³/mol. The predicted octanol–water partition coefficient (Wildman–Crippen LogP) is 3.83. The number of carbonyl (C=O) groups excluding carboxylic acids is 2. The van der Waals surface area contributed by atoms with E-state index in [9.17, 15) is 18.8 Å². The second kappa shape index (κ2) is 10.5. The van der Waals surface area contributed by atoms with Crippen LogP contribution in [-0.4, -0.2) is 67.1 Å². The van der Waals surface area contributed by atoms with Crippen LogP contribution in [-0.2, 0) is 16.0 Å². The molecule has 0 spiro atoms. The molecule has 4 rings (SSSR count). The van der Waals surface area contributed by atoms with E-state index in [1.165, 1.54) is 11.0 Å². The van der Waals surface area contributed by atoms with Crippen LogP contribution in [0.1, 0.15) is 30.5 Å². The van der Waals surface area contributed by atoms with E-state index in [0.29, 0.717) is 54.8 Å². The number of nitrogens with zero attached hydrogens (tertiary/aromatic N) is 2. The molecule has 10 heteroatoms. The number of carboxylic acids is 1. The van der Waals surface area contributed by atoms with Crippen LogP contribution < -0.4 is 15.2 Å². The fourth-order valence-electron chi connectivity index (χ4n) is 5.04. The number of anilines is 1. The summed E-state index contributed by atoms with van der Waals surface area (Å²) in [6.07, 6.45) is 0.563. The standard InChI is InChI=1S/C27H34FN3O5Si/c1-5-36-20-7-8-21-18(13-20)10-11-31(27(35)30-15-17(16-30)12-24(32)33)25(21)26(34)29-19-6-9-23(22(28)14-19)37(2,3)4/h6-9,13-14,17,25H,5,10-12,15-16H2,1-4H3,(H,29,34)(H,32,33)/t25-/m1/s1. The Morgan fingerprint density at radius 2 is 1.86 bits per heavy atom. The highest BCUT2D eigenvalue weighted by Gasteiger charge is 2.41. The number of nitrogens with one attached hydrogen (secondary N) is 1. The van der Waals surface area contributed by atoms with E-state index < -0.39 is 26.0 Å². The lowest BCUT2D eigenvalue weighted by Gasteiger charge is -2.45. The quantitative estimate of drug-likeness (QED) is 0.533. The topological polar surface area (TPSA) is 99.2 Å². The summed E-state index contributed by atoms with van der Waals surface area (Å²) in [6, 6.07) is 9.04. The molecule has 0 aromatic heterocycles. The van der Waals surface area contributed by atoms with Crippen molar-refractivity contribution in [1.82, 2.24) is 9.80 Å². The molecule has 0 bridgehead atoms. The first-order valence-electron chi connectivity index (χ1n) is 12.6. The van der Waals surface area contributed by atoms with E-state index in [0.717, 1.165) is 5.56 Å². The maximum atomic E-state index is 14.8. The highest BCUT2D eigenvalue weighted by molar-refractivity contribution is 6.88. The first-order chi connectivity index (χ1) is 17.5. The van der Waals surface area contributed by atoms with Crippen molar-refractivity contribution in [2.75, 3.05) is 31.6 Å². The van der Waals surface area contributed by atoms with Gasteiger partial charge in [0, 0.05) is 31.2 Å². The number of likely N-dealkylation sites (tertiary alicyclic amines) is 1. The van der Waals surface area contributed by atoms with E-state index in [1.54, 1.807) is 23.1 Å². The molecular weight excluding hydrogens is 493 g/mol. The highest BCUT2D eigenvalue weighted by Crippen LogP contribution is 2.35. The minimum atomic E-state index is -1.88. The number of amides is 3. The van der Waals surface area contributed by atoms with Crippen molar-refractivity contribution in [2.45, 2.75) is 45.4 Å². The summed E-state index contributed by atoms with van der Waals surface area (Å²) in [5.41, 5.74) is 1.95. The van der Waals surface area contributed by atoms with Crippen molar-refractivity contribution in [3.63, 3.8) is 0 Å². The van der Waals surface area contributed by atoms with Crippen LogP contribution in [0.2, 0.25) is 19.6 Å². The summed E-state index contributed by atoms with van der Waals surface area (Å²) < 4.78 is 20.5. The smallest absolute Gasteiger partial charge is 0.320 e. The van der Waals surface area contributed by atoms with Gasteiger partial charge in [0.2, 0.25) is 0 Å². The van der Waals surface area contributed by atoms with Crippen molar-refractivity contribution in [1.29, 1.82) is 0 Å². The molecule has 2 aliphatic rings. The number of halogens is 1. The first kappa shape index (κ1) is 26.7. The minimum Gasteiger partial charge on any atom is -0.494 e. The van der Waals surface area contributed by atoms with E-state index in [-0.39, 0.29) is 24.2 Å². The third kappa shape index (κ3) is 5.79. The summed E-state index contributed by atoms with van der Waals surface area (Å²) in [5, 5.41) is 12.5. The van der Waals surface area contributed by atoms with Crippen molar-refractivity contribution in [3.8, 4) is 5.75 Å². The largest absolute Gasteiger partial charge is 0.494 e. The molecule has 0 aliphatic carbocycles. The van der Waals surface area contributed by atoms with Gasteiger partial charge >= 0.3 is 12.0 Å². The highest BCUT2D eigenvalue weighted by atomic mass is 28.3. The Balaban J connectivity index is 1.60. The first-order valence-corrected chi connectivity index (χ1v) is 16.1. The fourth-order valence-corrected chi connectivity index (χ4v) is 6.42. The van der Waals surface area contributed by atoms with E-state index >= 15 is 0 Å². The van der Waals surface area contributed by atoms with E-state index in [1.807, 2.05) is 19.1 Å². The van der Waals surface area contributed by atoms with Gasteiger partial charge in [0.25, 0.3) is 5.91 Å². The molecule has 198 valence electrons. The molecule has 0 saturated carbocycles. The summed E-state index contributed by atoms with van der Waals surface area (Å²) >= 11 is 0. The third-order valence-corrected chi connectivity index (χ3v) is 8.90. The second-order valence-electron chi connectivity index (χ2n) is 10.7. The van der Waals surface area contributed by atoms with Crippen molar-refractivity contribution in [3.05, 3.63) is 53.3 Å². The van der Waals surface area contributed by atoms with E-state index in [4.69, 9.17) is 9.84 Å². The number of benzene rings is 2. The number of ether oxygens (including phenoxy) is 1. The van der Waals surface area contributed by atoms with Crippen LogP contribution in [0.15, 0.2) is 36.4 Å². The molecule has 1 atom stereocenters. The lowest BCUT2D eigenvalue weighted by Crippen LogP contribution is -2.58. The molecule has 2 aliphatic heterocycles. The van der Waals surface area contributed by atoms with Crippen LogP contribution in [0, 0.1) is 11.7 Å². The molecule has 2 N–H and O–H groups in total. The molecule has 2 aromatic rings. The number of hydrogen-bond acceptors (Lipinski definition) is 4. The normalized spacial score (nSPS) is 17.6. The zero-order valence-electron chi connectivity index (χ0n) is 21.7. The molecule has 2 aromatic carbocycles. The van der Waals surface area contributed by atoms with Crippen LogP contribution in [0.4, 0.5) is 14.9 Å². The zero-order chi connectivity index (χ0) is 26.9. The average molecular weight is 528 g/mol. The number of rotatable bonds is 7. The van der Waals surface area contributed by atoms with Crippen LogP contribution >= 0.6 is 0 Å². The summed E-state index contributed by atoms with van der Waals surface area (Å²) in [4.78, 5) is 41.2. The molecule has 37 heavy (non-hydrogen) atoms. The SMILES string of the molecule is CCOc1ccc2c(c1)CCN(C(=O)N1CC(CC(=O)O)C1)[C@H]2C(=O)Nc1ccc([Si](C)(C)C)c(F)c1. The van der Waals surface area contributed by atoms with Gasteiger partial charge in [-0.05, 0) is 53.9 Å². The van der Waals surface area contributed by atoms with E-state index in [2.05, 4.69) is 25.0 Å². The number of urea groups is 1. The molecule has 0 radical (unpaired) electrons. The monoisotopic (exact) mass is 527 g/mol. The van der Waals surface area contributed by atoms with Gasteiger partial charge in [-0.15, -0.1) is 0 Å². The van der Waals surface area contributed by atoms with Gasteiger partial charge in [-0.2, -0.15) is 0 Å². The number of fused-ring (bicyclic) bond motifs is 1. The van der Waals surface area contributed by atoms with Gasteiger partial charge in [0.15, 0.2) is 0 Å². The lowest BCUT2D eigenvalue weighted by molar-refractivity contribution is -0.139.